The predicted molar refractivity (Wildman–Crippen MR) is 93.4 cm³/mol. The average molecular weight is 331 g/mol. The van der Waals surface area contributed by atoms with Gasteiger partial charge in [-0.25, -0.2) is 0 Å². The van der Waals surface area contributed by atoms with Crippen LogP contribution in [0.5, 0.6) is 0 Å². The molecule has 25 heavy (non-hydrogen) atoms. The highest BCUT2D eigenvalue weighted by atomic mass is 16.3. The lowest BCUT2D eigenvalue weighted by Gasteiger charge is -2.19. The molecule has 4 heteroatoms. The Balaban J connectivity index is 1.57. The number of hydrogen-bond acceptors (Lipinski definition) is 3. The molecule has 1 atom stereocenters. The highest BCUT2D eigenvalue weighted by Gasteiger charge is 2.35. The maximum Gasteiger partial charge on any atom is 0.261 e. The number of imide groups is 1. The Labute approximate surface area is 145 Å². The van der Waals surface area contributed by atoms with E-state index >= 15 is 0 Å². The average Bonchev–Trinajstić information content (AvgIpc) is 3.26. The SMILES string of the molecule is O=C1c2ccccc2C(=O)N1CC[C@H](c1ccccc1)c1ccco1. The number of carbonyl (C=O) groups is 2. The molecule has 0 saturated carbocycles. The number of carbonyl (C=O) groups excluding carboxylic acids is 2. The first-order valence-electron chi connectivity index (χ1n) is 8.29. The molecule has 2 amide bonds. The zero-order valence-electron chi connectivity index (χ0n) is 13.6. The molecule has 1 aliphatic rings. The van der Waals surface area contributed by atoms with Crippen LogP contribution < -0.4 is 0 Å². The van der Waals surface area contributed by atoms with Gasteiger partial charge in [-0.1, -0.05) is 42.5 Å². The summed E-state index contributed by atoms with van der Waals surface area (Å²) in [6, 6.07) is 20.8. The first kappa shape index (κ1) is 15.4. The summed E-state index contributed by atoms with van der Waals surface area (Å²) >= 11 is 0. The summed E-state index contributed by atoms with van der Waals surface area (Å²) in [7, 11) is 0. The van der Waals surface area contributed by atoms with E-state index in [9.17, 15) is 9.59 Å². The summed E-state index contributed by atoms with van der Waals surface area (Å²) in [5.74, 6) is 0.405. The number of furan rings is 1. The number of amides is 2. The van der Waals surface area contributed by atoms with Crippen LogP contribution in [0.2, 0.25) is 0 Å². The molecule has 0 saturated heterocycles. The van der Waals surface area contributed by atoms with Crippen LogP contribution in [0.1, 0.15) is 44.4 Å². The minimum Gasteiger partial charge on any atom is -0.469 e. The van der Waals surface area contributed by atoms with Crippen molar-refractivity contribution in [2.45, 2.75) is 12.3 Å². The van der Waals surface area contributed by atoms with E-state index in [0.717, 1.165) is 11.3 Å². The van der Waals surface area contributed by atoms with Crippen LogP contribution in [-0.2, 0) is 0 Å². The van der Waals surface area contributed by atoms with Gasteiger partial charge in [0, 0.05) is 12.5 Å². The molecule has 0 fully saturated rings. The largest absolute Gasteiger partial charge is 0.469 e. The van der Waals surface area contributed by atoms with Crippen LogP contribution in [0.3, 0.4) is 0 Å². The van der Waals surface area contributed by atoms with E-state index in [4.69, 9.17) is 4.42 Å². The Morgan fingerprint density at radius 3 is 2.04 bits per heavy atom. The second-order valence-electron chi connectivity index (χ2n) is 6.07. The van der Waals surface area contributed by atoms with Crippen molar-refractivity contribution in [2.24, 2.45) is 0 Å². The van der Waals surface area contributed by atoms with Crippen molar-refractivity contribution in [2.75, 3.05) is 6.54 Å². The van der Waals surface area contributed by atoms with Crippen molar-refractivity contribution < 1.29 is 14.0 Å². The van der Waals surface area contributed by atoms with Gasteiger partial charge >= 0.3 is 0 Å². The number of nitrogens with zero attached hydrogens (tertiary/aromatic N) is 1. The third-order valence-corrected chi connectivity index (χ3v) is 4.61. The summed E-state index contributed by atoms with van der Waals surface area (Å²) in [5.41, 5.74) is 2.08. The third kappa shape index (κ3) is 2.76. The number of rotatable bonds is 5. The Hall–Kier alpha value is -3.14. The predicted octanol–water partition coefficient (Wildman–Crippen LogP) is 4.10. The van der Waals surface area contributed by atoms with Gasteiger partial charge < -0.3 is 4.42 Å². The standard InChI is InChI=1S/C21H17NO3/c23-20-17-9-4-5-10-18(17)21(24)22(20)13-12-16(19-11-6-14-25-19)15-7-2-1-3-8-15/h1-11,14,16H,12-13H2/t16-/m1/s1. The van der Waals surface area contributed by atoms with Crippen LogP contribution in [0, 0.1) is 0 Å². The zero-order chi connectivity index (χ0) is 17.2. The normalized spacial score (nSPS) is 14.6. The molecular formula is C21H17NO3. The number of hydrogen-bond donors (Lipinski definition) is 0. The van der Waals surface area contributed by atoms with Crippen molar-refractivity contribution in [3.63, 3.8) is 0 Å². The molecule has 1 aromatic heterocycles. The maximum absolute atomic E-state index is 12.5. The fourth-order valence-corrected chi connectivity index (χ4v) is 3.35. The first-order valence-corrected chi connectivity index (χ1v) is 8.29. The Morgan fingerprint density at radius 2 is 1.44 bits per heavy atom. The van der Waals surface area contributed by atoms with Gasteiger partial charge in [-0.2, -0.15) is 0 Å². The molecule has 0 radical (unpaired) electrons. The maximum atomic E-state index is 12.5. The summed E-state index contributed by atoms with van der Waals surface area (Å²) in [5, 5.41) is 0. The van der Waals surface area contributed by atoms with E-state index in [0.29, 0.717) is 24.1 Å². The molecule has 4 nitrogen and oxygen atoms in total. The smallest absolute Gasteiger partial charge is 0.261 e. The molecule has 2 heterocycles. The quantitative estimate of drug-likeness (QED) is 0.662. The van der Waals surface area contributed by atoms with Crippen molar-refractivity contribution in [3.05, 3.63) is 95.4 Å². The van der Waals surface area contributed by atoms with E-state index in [1.54, 1.807) is 30.5 Å². The van der Waals surface area contributed by atoms with Gasteiger partial charge in [0.15, 0.2) is 0 Å². The van der Waals surface area contributed by atoms with Gasteiger partial charge in [-0.05, 0) is 36.2 Å². The van der Waals surface area contributed by atoms with Crippen molar-refractivity contribution in [1.82, 2.24) is 4.90 Å². The van der Waals surface area contributed by atoms with Gasteiger partial charge in [0.2, 0.25) is 0 Å². The first-order chi connectivity index (χ1) is 12.3. The highest BCUT2D eigenvalue weighted by Crippen LogP contribution is 2.30. The Bertz CT molecular complexity index is 865. The number of benzene rings is 2. The van der Waals surface area contributed by atoms with Gasteiger partial charge in [-0.15, -0.1) is 0 Å². The molecule has 0 aliphatic carbocycles. The molecule has 1 aliphatic heterocycles. The van der Waals surface area contributed by atoms with Crippen LogP contribution in [0.4, 0.5) is 0 Å². The van der Waals surface area contributed by atoms with Crippen LogP contribution >= 0.6 is 0 Å². The molecule has 0 N–H and O–H groups in total. The Kier molecular flexibility index (Phi) is 3.94. The van der Waals surface area contributed by atoms with Gasteiger partial charge in [0.05, 0.1) is 17.4 Å². The molecule has 0 unspecified atom stereocenters. The monoisotopic (exact) mass is 331 g/mol. The molecule has 2 aromatic carbocycles. The van der Waals surface area contributed by atoms with Crippen molar-refractivity contribution >= 4 is 11.8 Å². The molecule has 124 valence electrons. The second-order valence-corrected chi connectivity index (χ2v) is 6.07. The van der Waals surface area contributed by atoms with E-state index in [-0.39, 0.29) is 17.7 Å². The van der Waals surface area contributed by atoms with E-state index in [1.165, 1.54) is 4.90 Å². The summed E-state index contributed by atoms with van der Waals surface area (Å²) in [6.07, 6.45) is 2.26. The third-order valence-electron chi connectivity index (χ3n) is 4.61. The summed E-state index contributed by atoms with van der Waals surface area (Å²) < 4.78 is 5.59. The fourth-order valence-electron chi connectivity index (χ4n) is 3.35. The highest BCUT2D eigenvalue weighted by molar-refractivity contribution is 6.21. The van der Waals surface area contributed by atoms with Crippen LogP contribution in [0.25, 0.3) is 0 Å². The van der Waals surface area contributed by atoms with Crippen LogP contribution in [-0.4, -0.2) is 23.3 Å². The minimum absolute atomic E-state index is 0.000474. The van der Waals surface area contributed by atoms with Crippen molar-refractivity contribution in [3.8, 4) is 0 Å². The molecular weight excluding hydrogens is 314 g/mol. The lowest BCUT2D eigenvalue weighted by Crippen LogP contribution is -2.31. The fraction of sp³-hybridized carbons (Fsp3) is 0.143. The molecule has 4 rings (SSSR count). The van der Waals surface area contributed by atoms with Gasteiger partial charge in [0.1, 0.15) is 5.76 Å². The van der Waals surface area contributed by atoms with Crippen LogP contribution in [0.15, 0.2) is 77.4 Å². The zero-order valence-corrected chi connectivity index (χ0v) is 13.6. The van der Waals surface area contributed by atoms with E-state index in [2.05, 4.69) is 0 Å². The number of fused-ring (bicyclic) bond motifs is 1. The van der Waals surface area contributed by atoms with E-state index < -0.39 is 0 Å². The summed E-state index contributed by atoms with van der Waals surface area (Å²) in [4.78, 5) is 26.4. The van der Waals surface area contributed by atoms with Crippen molar-refractivity contribution in [1.29, 1.82) is 0 Å². The molecule has 3 aromatic rings. The summed E-state index contributed by atoms with van der Waals surface area (Å²) in [6.45, 7) is 0.354. The second kappa shape index (κ2) is 6.40. The van der Waals surface area contributed by atoms with Gasteiger partial charge in [-0.3, -0.25) is 14.5 Å². The minimum atomic E-state index is -0.216. The van der Waals surface area contributed by atoms with Gasteiger partial charge in [0.25, 0.3) is 11.8 Å². The molecule has 0 spiro atoms. The lowest BCUT2D eigenvalue weighted by molar-refractivity contribution is 0.0650. The lowest BCUT2D eigenvalue weighted by atomic mass is 9.93. The van der Waals surface area contributed by atoms with E-state index in [1.807, 2.05) is 42.5 Å². The topological polar surface area (TPSA) is 50.5 Å². The molecule has 0 bridgehead atoms. The Morgan fingerprint density at radius 1 is 0.800 bits per heavy atom.